The maximum atomic E-state index is 11.8. The van der Waals surface area contributed by atoms with Crippen LogP contribution in [0, 0.1) is 46.3 Å². The Labute approximate surface area is 214 Å². The molecule has 0 amide bonds. The van der Waals surface area contributed by atoms with E-state index in [0.717, 1.165) is 44.2 Å². The monoisotopic (exact) mass is 490 g/mol. The summed E-state index contributed by atoms with van der Waals surface area (Å²) in [5, 5.41) is 18.8. The van der Waals surface area contributed by atoms with Crippen molar-refractivity contribution in [3.05, 3.63) is 0 Å². The summed E-state index contributed by atoms with van der Waals surface area (Å²) in [6.45, 7) is 13.9. The largest absolute Gasteiger partial charge is 0.469 e. The second kappa shape index (κ2) is 11.0. The van der Waals surface area contributed by atoms with Gasteiger partial charge in [0.05, 0.1) is 13.2 Å². The third-order valence-electron chi connectivity index (χ3n) is 11.6. The molecule has 0 aliphatic heterocycles. The molecule has 0 radical (unpaired) electrons. The lowest BCUT2D eigenvalue weighted by Gasteiger charge is -2.62. The summed E-state index contributed by atoms with van der Waals surface area (Å²) in [5.74, 6) is 3.79. The summed E-state index contributed by atoms with van der Waals surface area (Å²) in [5.41, 5.74) is 0.647. The van der Waals surface area contributed by atoms with Gasteiger partial charge in [-0.3, -0.25) is 4.79 Å². The van der Waals surface area contributed by atoms with Crippen molar-refractivity contribution < 1.29 is 14.6 Å². The summed E-state index contributed by atoms with van der Waals surface area (Å²) in [6.07, 6.45) is 11.2. The van der Waals surface area contributed by atoms with Crippen LogP contribution >= 0.6 is 0 Å². The summed E-state index contributed by atoms with van der Waals surface area (Å²) in [7, 11) is 1.50. The van der Waals surface area contributed by atoms with Gasteiger partial charge in [0.1, 0.15) is 0 Å². The Kier molecular flexibility index (Phi) is 8.60. The third kappa shape index (κ3) is 5.34. The molecule has 0 spiro atoms. The van der Waals surface area contributed by atoms with Crippen LogP contribution in [0.1, 0.15) is 98.8 Å². The second-order valence-electron chi connectivity index (χ2n) is 13.6. The fourth-order valence-electron chi connectivity index (χ4n) is 9.75. The van der Waals surface area contributed by atoms with Gasteiger partial charge in [-0.1, -0.05) is 34.6 Å². The standard InChI is InChI=1S/C30H54N2O3/c1-19(2)31-15-16-32-21-11-13-30(5)25-12-14-29(4)23(20(3)7-10-28(34)35-6)8-9-24(29)22(25)18-27(33)26(30)17-21/h19-27,31-33H,7-18H2,1-6H3/t20?,21-,22?,23-,24?,25?,26+,27+,29-,30-/m1/s1. The number of methoxy groups -OCH3 is 1. The molecule has 3 N–H and O–H groups in total. The predicted octanol–water partition coefficient (Wildman–Crippen LogP) is 5.16. The molecule has 0 aromatic rings. The van der Waals surface area contributed by atoms with Crippen LogP contribution in [-0.4, -0.2) is 49.5 Å². The van der Waals surface area contributed by atoms with Crippen LogP contribution in [-0.2, 0) is 9.53 Å². The maximum absolute atomic E-state index is 11.8. The number of hydrogen-bond donors (Lipinski definition) is 3. The van der Waals surface area contributed by atoms with Gasteiger partial charge in [-0.15, -0.1) is 0 Å². The van der Waals surface area contributed by atoms with E-state index in [1.807, 2.05) is 0 Å². The van der Waals surface area contributed by atoms with E-state index in [1.54, 1.807) is 0 Å². The minimum Gasteiger partial charge on any atom is -0.469 e. The molecule has 0 aromatic carbocycles. The second-order valence-corrected chi connectivity index (χ2v) is 13.6. The van der Waals surface area contributed by atoms with Gasteiger partial charge in [-0.2, -0.15) is 0 Å². The number of aliphatic hydroxyl groups excluding tert-OH is 1. The first-order valence-electron chi connectivity index (χ1n) is 14.8. The zero-order valence-corrected chi connectivity index (χ0v) is 23.4. The Bertz CT molecular complexity index is 728. The van der Waals surface area contributed by atoms with E-state index in [4.69, 9.17) is 4.74 Å². The van der Waals surface area contributed by atoms with Gasteiger partial charge < -0.3 is 20.5 Å². The van der Waals surface area contributed by atoms with Crippen molar-refractivity contribution in [1.29, 1.82) is 0 Å². The number of carbonyl (C=O) groups is 1. The van der Waals surface area contributed by atoms with Crippen molar-refractivity contribution in [3.63, 3.8) is 0 Å². The van der Waals surface area contributed by atoms with Crippen molar-refractivity contribution in [1.82, 2.24) is 10.6 Å². The Morgan fingerprint density at radius 1 is 0.971 bits per heavy atom. The zero-order valence-electron chi connectivity index (χ0n) is 23.4. The Hall–Kier alpha value is -0.650. The lowest BCUT2D eigenvalue weighted by atomic mass is 9.43. The van der Waals surface area contributed by atoms with Gasteiger partial charge in [0.25, 0.3) is 0 Å². The molecule has 0 bridgehead atoms. The molecule has 202 valence electrons. The number of nitrogens with one attached hydrogen (secondary N) is 2. The number of esters is 1. The highest BCUT2D eigenvalue weighted by Gasteiger charge is 2.62. The molecule has 5 heteroatoms. The SMILES string of the molecule is COC(=O)CCC(C)[C@H]1CCC2C3C[C@H](O)[C@@H]4C[C@H](NCCNC(C)C)CC[C@]4(C)C3CC[C@@]21C. The van der Waals surface area contributed by atoms with Crippen LogP contribution in [0.15, 0.2) is 0 Å². The van der Waals surface area contributed by atoms with E-state index in [9.17, 15) is 9.90 Å². The van der Waals surface area contributed by atoms with Crippen LogP contribution in [0.4, 0.5) is 0 Å². The minimum atomic E-state index is -0.155. The number of ether oxygens (including phenoxy) is 1. The molecule has 4 unspecified atom stereocenters. The number of hydrogen-bond acceptors (Lipinski definition) is 5. The lowest BCUT2D eigenvalue weighted by molar-refractivity contribution is -0.162. The highest BCUT2D eigenvalue weighted by atomic mass is 16.5. The first-order chi connectivity index (χ1) is 16.6. The Morgan fingerprint density at radius 2 is 1.69 bits per heavy atom. The van der Waals surface area contributed by atoms with E-state index in [0.29, 0.717) is 47.6 Å². The Morgan fingerprint density at radius 3 is 2.40 bits per heavy atom. The van der Waals surface area contributed by atoms with Gasteiger partial charge >= 0.3 is 5.97 Å². The van der Waals surface area contributed by atoms with E-state index >= 15 is 0 Å². The molecule has 4 saturated carbocycles. The fraction of sp³-hybridized carbons (Fsp3) is 0.967. The molecule has 4 aliphatic carbocycles. The van der Waals surface area contributed by atoms with Crippen LogP contribution in [0.25, 0.3) is 0 Å². The molecule has 10 atom stereocenters. The van der Waals surface area contributed by atoms with Gasteiger partial charge in [-0.25, -0.2) is 0 Å². The molecule has 4 fully saturated rings. The van der Waals surface area contributed by atoms with Crippen LogP contribution in [0.3, 0.4) is 0 Å². The van der Waals surface area contributed by atoms with Gasteiger partial charge in [0, 0.05) is 31.6 Å². The van der Waals surface area contributed by atoms with E-state index in [-0.39, 0.29) is 17.5 Å². The van der Waals surface area contributed by atoms with Gasteiger partial charge in [-0.05, 0) is 104 Å². The molecular weight excluding hydrogens is 436 g/mol. The first-order valence-corrected chi connectivity index (χ1v) is 14.8. The third-order valence-corrected chi connectivity index (χ3v) is 11.6. The minimum absolute atomic E-state index is 0.0732. The summed E-state index contributed by atoms with van der Waals surface area (Å²) in [4.78, 5) is 11.8. The van der Waals surface area contributed by atoms with Gasteiger partial charge in [0.2, 0.25) is 0 Å². The molecule has 0 saturated heterocycles. The van der Waals surface area contributed by atoms with Crippen LogP contribution in [0.2, 0.25) is 0 Å². The number of rotatable bonds is 9. The molecule has 35 heavy (non-hydrogen) atoms. The highest BCUT2D eigenvalue weighted by Crippen LogP contribution is 2.68. The van der Waals surface area contributed by atoms with E-state index in [1.165, 1.54) is 45.6 Å². The molecule has 0 aromatic heterocycles. The summed E-state index contributed by atoms with van der Waals surface area (Å²) >= 11 is 0. The van der Waals surface area contributed by atoms with Crippen LogP contribution < -0.4 is 10.6 Å². The lowest BCUT2D eigenvalue weighted by Crippen LogP contribution is -2.59. The normalized spacial score (nSPS) is 43.8. The molecule has 4 aliphatic rings. The number of aliphatic hydroxyl groups is 1. The fourth-order valence-corrected chi connectivity index (χ4v) is 9.75. The van der Waals surface area contributed by atoms with E-state index in [2.05, 4.69) is 45.3 Å². The maximum Gasteiger partial charge on any atom is 0.305 e. The smallest absolute Gasteiger partial charge is 0.305 e. The van der Waals surface area contributed by atoms with Crippen LogP contribution in [0.5, 0.6) is 0 Å². The summed E-state index contributed by atoms with van der Waals surface area (Å²) in [6, 6.07) is 1.08. The predicted molar refractivity (Wildman–Crippen MR) is 142 cm³/mol. The van der Waals surface area contributed by atoms with E-state index < -0.39 is 0 Å². The number of fused-ring (bicyclic) bond motifs is 5. The zero-order chi connectivity index (χ0) is 25.4. The molecule has 0 heterocycles. The average molecular weight is 491 g/mol. The number of carbonyl (C=O) groups excluding carboxylic acids is 1. The molecular formula is C30H54N2O3. The topological polar surface area (TPSA) is 70.6 Å². The molecule has 4 rings (SSSR count). The Balaban J connectivity index is 1.40. The van der Waals surface area contributed by atoms with Crippen molar-refractivity contribution in [2.75, 3.05) is 20.2 Å². The quantitative estimate of drug-likeness (QED) is 0.308. The molecule has 5 nitrogen and oxygen atoms in total. The van der Waals surface area contributed by atoms with Gasteiger partial charge in [0.15, 0.2) is 0 Å². The highest BCUT2D eigenvalue weighted by molar-refractivity contribution is 5.69. The van der Waals surface area contributed by atoms with Crippen molar-refractivity contribution in [3.8, 4) is 0 Å². The van der Waals surface area contributed by atoms with Crippen molar-refractivity contribution >= 4 is 5.97 Å². The van der Waals surface area contributed by atoms with Crippen molar-refractivity contribution in [2.45, 2.75) is 117 Å². The van der Waals surface area contributed by atoms with Crippen molar-refractivity contribution in [2.24, 2.45) is 46.3 Å². The first kappa shape index (κ1) is 27.4. The summed E-state index contributed by atoms with van der Waals surface area (Å²) < 4.78 is 4.91. The average Bonchev–Trinajstić information content (AvgIpc) is 3.18.